The third-order valence-electron chi connectivity index (χ3n) is 4.34. The Bertz CT molecular complexity index is 421. The molecule has 1 aliphatic rings. The van der Waals surface area contributed by atoms with Crippen LogP contribution in [0.15, 0.2) is 0 Å². The zero-order valence-electron chi connectivity index (χ0n) is 12.4. The standard InChI is InChI=1S/C15H26ClN3/c1-4-9-17-11-15(7-6-8-15)10-13-14(16)12(3)18-19(13)5-2/h17H,4-11H2,1-3H3. The second-order valence-corrected chi connectivity index (χ2v) is 6.25. The monoisotopic (exact) mass is 283 g/mol. The molecule has 0 atom stereocenters. The first kappa shape index (κ1) is 14.9. The number of hydrogen-bond donors (Lipinski definition) is 1. The first-order chi connectivity index (χ1) is 9.12. The molecule has 4 heteroatoms. The molecule has 0 amide bonds. The second kappa shape index (κ2) is 6.27. The average Bonchev–Trinajstić information content (AvgIpc) is 2.63. The van der Waals surface area contributed by atoms with Gasteiger partial charge in [-0.05, 0) is 51.5 Å². The molecule has 0 saturated heterocycles. The molecule has 0 aromatic carbocycles. The Hall–Kier alpha value is -0.540. The molecule has 1 heterocycles. The highest BCUT2D eigenvalue weighted by molar-refractivity contribution is 6.31. The molecule has 1 saturated carbocycles. The molecule has 19 heavy (non-hydrogen) atoms. The summed E-state index contributed by atoms with van der Waals surface area (Å²) in [6.07, 6.45) is 6.24. The lowest BCUT2D eigenvalue weighted by atomic mass is 9.66. The summed E-state index contributed by atoms with van der Waals surface area (Å²) in [6, 6.07) is 0. The minimum Gasteiger partial charge on any atom is -0.316 e. The van der Waals surface area contributed by atoms with E-state index >= 15 is 0 Å². The molecule has 0 radical (unpaired) electrons. The van der Waals surface area contributed by atoms with E-state index in [0.717, 1.165) is 36.8 Å². The SMILES string of the molecule is CCCNCC1(Cc2c(Cl)c(C)nn2CC)CCC1. The minimum atomic E-state index is 0.415. The van der Waals surface area contributed by atoms with Gasteiger partial charge in [-0.25, -0.2) is 0 Å². The quantitative estimate of drug-likeness (QED) is 0.775. The van der Waals surface area contributed by atoms with E-state index in [-0.39, 0.29) is 0 Å². The minimum absolute atomic E-state index is 0.415. The topological polar surface area (TPSA) is 29.9 Å². The molecule has 0 aliphatic heterocycles. The molecule has 3 nitrogen and oxygen atoms in total. The van der Waals surface area contributed by atoms with Crippen molar-refractivity contribution in [3.63, 3.8) is 0 Å². The van der Waals surface area contributed by atoms with Crippen molar-refractivity contribution in [1.29, 1.82) is 0 Å². The number of nitrogens with one attached hydrogen (secondary N) is 1. The Kier molecular flexibility index (Phi) is 4.91. The molecule has 1 aromatic rings. The van der Waals surface area contributed by atoms with E-state index in [4.69, 9.17) is 11.6 Å². The van der Waals surface area contributed by atoms with Crippen molar-refractivity contribution in [2.24, 2.45) is 5.41 Å². The van der Waals surface area contributed by atoms with Crippen LogP contribution < -0.4 is 5.32 Å². The Morgan fingerprint density at radius 3 is 2.63 bits per heavy atom. The summed E-state index contributed by atoms with van der Waals surface area (Å²) in [5.74, 6) is 0. The molecular weight excluding hydrogens is 258 g/mol. The van der Waals surface area contributed by atoms with Crippen molar-refractivity contribution >= 4 is 11.6 Å². The van der Waals surface area contributed by atoms with Gasteiger partial charge in [0.1, 0.15) is 0 Å². The van der Waals surface area contributed by atoms with Crippen molar-refractivity contribution in [1.82, 2.24) is 15.1 Å². The Balaban J connectivity index is 2.09. The highest BCUT2D eigenvalue weighted by Crippen LogP contribution is 2.44. The van der Waals surface area contributed by atoms with Gasteiger partial charge in [-0.2, -0.15) is 5.10 Å². The fourth-order valence-corrected chi connectivity index (χ4v) is 3.22. The molecule has 1 N–H and O–H groups in total. The number of rotatable bonds is 7. The molecule has 1 aromatic heterocycles. The molecule has 0 bridgehead atoms. The van der Waals surface area contributed by atoms with Crippen LogP contribution >= 0.6 is 11.6 Å². The van der Waals surface area contributed by atoms with E-state index in [0.29, 0.717) is 5.41 Å². The summed E-state index contributed by atoms with van der Waals surface area (Å²) in [7, 11) is 0. The van der Waals surface area contributed by atoms with Crippen molar-refractivity contribution in [2.45, 2.75) is 59.4 Å². The van der Waals surface area contributed by atoms with Crippen LogP contribution in [0.4, 0.5) is 0 Å². The van der Waals surface area contributed by atoms with Crippen LogP contribution in [0.3, 0.4) is 0 Å². The van der Waals surface area contributed by atoms with E-state index < -0.39 is 0 Å². The van der Waals surface area contributed by atoms with E-state index in [1.807, 2.05) is 6.92 Å². The lowest BCUT2D eigenvalue weighted by molar-refractivity contribution is 0.127. The van der Waals surface area contributed by atoms with Gasteiger partial charge < -0.3 is 5.32 Å². The van der Waals surface area contributed by atoms with Gasteiger partial charge in [-0.15, -0.1) is 0 Å². The average molecular weight is 284 g/mol. The van der Waals surface area contributed by atoms with E-state index in [9.17, 15) is 0 Å². The maximum Gasteiger partial charge on any atom is 0.0847 e. The van der Waals surface area contributed by atoms with Crippen LogP contribution in [-0.2, 0) is 13.0 Å². The van der Waals surface area contributed by atoms with E-state index in [1.165, 1.54) is 31.4 Å². The summed E-state index contributed by atoms with van der Waals surface area (Å²) < 4.78 is 2.08. The zero-order valence-corrected chi connectivity index (χ0v) is 13.2. The fraction of sp³-hybridized carbons (Fsp3) is 0.800. The van der Waals surface area contributed by atoms with Gasteiger partial charge in [0.25, 0.3) is 0 Å². The molecule has 1 fully saturated rings. The van der Waals surface area contributed by atoms with Gasteiger partial charge >= 0.3 is 0 Å². The second-order valence-electron chi connectivity index (χ2n) is 5.87. The van der Waals surface area contributed by atoms with E-state index in [2.05, 4.69) is 28.9 Å². The highest BCUT2D eigenvalue weighted by Gasteiger charge is 2.38. The number of nitrogens with zero attached hydrogens (tertiary/aromatic N) is 2. The van der Waals surface area contributed by atoms with Gasteiger partial charge in [-0.3, -0.25) is 4.68 Å². The third-order valence-corrected chi connectivity index (χ3v) is 4.83. The fourth-order valence-electron chi connectivity index (χ4n) is 3.02. The predicted molar refractivity (Wildman–Crippen MR) is 80.8 cm³/mol. The van der Waals surface area contributed by atoms with Gasteiger partial charge in [0, 0.05) is 13.1 Å². The lowest BCUT2D eigenvalue weighted by Gasteiger charge is -2.42. The third kappa shape index (κ3) is 3.14. The number of aryl methyl sites for hydroxylation is 2. The Morgan fingerprint density at radius 2 is 2.11 bits per heavy atom. The molecule has 1 aliphatic carbocycles. The summed E-state index contributed by atoms with van der Waals surface area (Å²) in [4.78, 5) is 0. The number of aromatic nitrogens is 2. The van der Waals surface area contributed by atoms with Crippen molar-refractivity contribution in [3.05, 3.63) is 16.4 Å². The number of halogens is 1. The van der Waals surface area contributed by atoms with Crippen molar-refractivity contribution in [3.8, 4) is 0 Å². The van der Waals surface area contributed by atoms with Crippen LogP contribution in [0.1, 0.15) is 50.9 Å². The molecule has 2 rings (SSSR count). The first-order valence-corrected chi connectivity index (χ1v) is 7.92. The summed E-state index contributed by atoms with van der Waals surface area (Å²) in [5.41, 5.74) is 2.62. The van der Waals surface area contributed by atoms with Crippen LogP contribution in [0.2, 0.25) is 5.02 Å². The van der Waals surface area contributed by atoms with Gasteiger partial charge in [-0.1, -0.05) is 24.9 Å². The molecule has 0 spiro atoms. The summed E-state index contributed by atoms with van der Waals surface area (Å²) >= 11 is 6.44. The van der Waals surface area contributed by atoms with E-state index in [1.54, 1.807) is 0 Å². The maximum absolute atomic E-state index is 6.44. The van der Waals surface area contributed by atoms with Crippen LogP contribution in [-0.4, -0.2) is 22.9 Å². The molecule has 108 valence electrons. The van der Waals surface area contributed by atoms with Gasteiger partial charge in [0.2, 0.25) is 0 Å². The summed E-state index contributed by atoms with van der Waals surface area (Å²) in [5, 5.41) is 9.00. The van der Waals surface area contributed by atoms with Crippen LogP contribution in [0, 0.1) is 12.3 Å². The smallest absolute Gasteiger partial charge is 0.0847 e. The normalized spacial score (nSPS) is 17.5. The molecule has 0 unspecified atom stereocenters. The van der Waals surface area contributed by atoms with Gasteiger partial charge in [0.15, 0.2) is 0 Å². The highest BCUT2D eigenvalue weighted by atomic mass is 35.5. The van der Waals surface area contributed by atoms with Crippen LogP contribution in [0.5, 0.6) is 0 Å². The number of hydrogen-bond acceptors (Lipinski definition) is 2. The maximum atomic E-state index is 6.44. The van der Waals surface area contributed by atoms with Crippen molar-refractivity contribution < 1.29 is 0 Å². The van der Waals surface area contributed by atoms with Gasteiger partial charge in [0.05, 0.1) is 16.4 Å². The Labute approximate surface area is 121 Å². The van der Waals surface area contributed by atoms with Crippen molar-refractivity contribution in [2.75, 3.05) is 13.1 Å². The predicted octanol–water partition coefficient (Wildman–Crippen LogP) is 3.58. The van der Waals surface area contributed by atoms with Crippen LogP contribution in [0.25, 0.3) is 0 Å². The molecular formula is C15H26ClN3. The summed E-state index contributed by atoms with van der Waals surface area (Å²) in [6.45, 7) is 9.48. The first-order valence-electron chi connectivity index (χ1n) is 7.54. The lowest BCUT2D eigenvalue weighted by Crippen LogP contribution is -2.42. The zero-order chi connectivity index (χ0) is 13.9. The largest absolute Gasteiger partial charge is 0.316 e. The Morgan fingerprint density at radius 1 is 1.37 bits per heavy atom.